The van der Waals surface area contributed by atoms with E-state index in [1.165, 1.54) is 14.0 Å². The molecule has 0 bridgehead atoms. The van der Waals surface area contributed by atoms with Gasteiger partial charge in [0.2, 0.25) is 0 Å². The molecule has 2 amide bonds. The molecule has 2 rings (SSSR count). The van der Waals surface area contributed by atoms with Crippen LogP contribution in [0, 0.1) is 0 Å². The van der Waals surface area contributed by atoms with Gasteiger partial charge in [-0.25, -0.2) is 14.4 Å². The van der Waals surface area contributed by atoms with E-state index in [9.17, 15) is 14.4 Å². The molecule has 0 fully saturated rings. The maximum atomic E-state index is 12.2. The second-order valence-corrected chi connectivity index (χ2v) is 6.20. The summed E-state index contributed by atoms with van der Waals surface area (Å²) in [5.74, 6) is -1.14. The summed E-state index contributed by atoms with van der Waals surface area (Å²) < 4.78 is 9.94. The summed E-state index contributed by atoms with van der Waals surface area (Å²) in [6.07, 6.45) is 0.272. The smallest absolute Gasteiger partial charge is 0.328 e. The number of hydrogen-bond donors (Lipinski definition) is 2. The Bertz CT molecular complexity index is 780. The Morgan fingerprint density at radius 2 is 1.43 bits per heavy atom. The molecule has 148 valence electrons. The van der Waals surface area contributed by atoms with Gasteiger partial charge in [-0.15, -0.1) is 0 Å². The molecule has 2 aromatic carbocycles. The van der Waals surface area contributed by atoms with Crippen LogP contribution in [-0.4, -0.2) is 37.2 Å². The van der Waals surface area contributed by atoms with E-state index < -0.39 is 30.1 Å². The van der Waals surface area contributed by atoms with Crippen molar-refractivity contribution in [3.05, 3.63) is 71.8 Å². The molecule has 0 radical (unpaired) electrons. The zero-order valence-corrected chi connectivity index (χ0v) is 15.9. The molecule has 28 heavy (non-hydrogen) atoms. The van der Waals surface area contributed by atoms with Crippen molar-refractivity contribution in [3.8, 4) is 0 Å². The molecular formula is C21H24N2O5. The minimum absolute atomic E-state index is 0.117. The highest BCUT2D eigenvalue weighted by Crippen LogP contribution is 2.05. The Balaban J connectivity index is 1.86. The van der Waals surface area contributed by atoms with Crippen LogP contribution in [0.25, 0.3) is 0 Å². The maximum Gasteiger partial charge on any atom is 0.328 e. The second kappa shape index (κ2) is 10.7. The van der Waals surface area contributed by atoms with Crippen molar-refractivity contribution < 1.29 is 23.9 Å². The normalized spacial score (nSPS) is 12.4. The van der Waals surface area contributed by atoms with Crippen molar-refractivity contribution in [2.75, 3.05) is 7.11 Å². The minimum Gasteiger partial charge on any atom is -0.467 e. The molecule has 0 saturated carbocycles. The molecule has 0 aliphatic rings. The van der Waals surface area contributed by atoms with Gasteiger partial charge in [-0.2, -0.15) is 0 Å². The summed E-state index contributed by atoms with van der Waals surface area (Å²) in [5.41, 5.74) is 1.72. The number of amides is 2. The van der Waals surface area contributed by atoms with E-state index in [0.717, 1.165) is 11.1 Å². The molecule has 0 aliphatic heterocycles. The molecule has 2 aromatic rings. The predicted octanol–water partition coefficient (Wildman–Crippen LogP) is 2.20. The standard InChI is InChI=1S/C21H24N2O5/c1-15(19(24)28-14-17-11-7-4-8-12-17)22-21(26)23-18(20(25)27-2)13-16-9-5-3-6-10-16/h3-12,15,18H,13-14H2,1-2H3,(H2,22,23,26)/t15?,18-/m0/s1. The number of rotatable bonds is 8. The lowest BCUT2D eigenvalue weighted by Crippen LogP contribution is -2.51. The zero-order valence-electron chi connectivity index (χ0n) is 15.9. The van der Waals surface area contributed by atoms with E-state index in [4.69, 9.17) is 9.47 Å². The number of esters is 2. The van der Waals surface area contributed by atoms with Gasteiger partial charge in [0.1, 0.15) is 18.7 Å². The van der Waals surface area contributed by atoms with Crippen LogP contribution in [0.5, 0.6) is 0 Å². The average Bonchev–Trinajstić information content (AvgIpc) is 2.72. The van der Waals surface area contributed by atoms with E-state index in [1.807, 2.05) is 60.7 Å². The Hall–Kier alpha value is -3.35. The van der Waals surface area contributed by atoms with Gasteiger partial charge >= 0.3 is 18.0 Å². The average molecular weight is 384 g/mol. The highest BCUT2D eigenvalue weighted by Gasteiger charge is 2.24. The highest BCUT2D eigenvalue weighted by molar-refractivity contribution is 5.87. The fraction of sp³-hybridized carbons (Fsp3) is 0.286. The summed E-state index contributed by atoms with van der Waals surface area (Å²) in [7, 11) is 1.25. The van der Waals surface area contributed by atoms with Gasteiger partial charge in [-0.05, 0) is 18.1 Å². The molecule has 0 aromatic heterocycles. The Kier molecular flexibility index (Phi) is 8.02. The van der Waals surface area contributed by atoms with Crippen LogP contribution in [0.15, 0.2) is 60.7 Å². The van der Waals surface area contributed by atoms with E-state index in [2.05, 4.69) is 10.6 Å². The lowest BCUT2D eigenvalue weighted by atomic mass is 10.1. The molecule has 0 saturated heterocycles. The van der Waals surface area contributed by atoms with Crippen molar-refractivity contribution in [2.45, 2.75) is 32.0 Å². The first-order valence-electron chi connectivity index (χ1n) is 8.89. The highest BCUT2D eigenvalue weighted by atomic mass is 16.5. The van der Waals surface area contributed by atoms with E-state index in [-0.39, 0.29) is 13.0 Å². The van der Waals surface area contributed by atoms with Crippen LogP contribution < -0.4 is 10.6 Å². The third kappa shape index (κ3) is 6.75. The van der Waals surface area contributed by atoms with Crippen LogP contribution in [-0.2, 0) is 32.1 Å². The summed E-state index contributed by atoms with van der Waals surface area (Å²) in [6.45, 7) is 1.63. The first-order chi connectivity index (χ1) is 13.5. The number of benzene rings is 2. The Morgan fingerprint density at radius 1 is 0.857 bits per heavy atom. The van der Waals surface area contributed by atoms with Crippen molar-refractivity contribution in [1.82, 2.24) is 10.6 Å². The monoisotopic (exact) mass is 384 g/mol. The summed E-state index contributed by atoms with van der Waals surface area (Å²) in [5, 5.41) is 5.02. The van der Waals surface area contributed by atoms with E-state index in [0.29, 0.717) is 0 Å². The van der Waals surface area contributed by atoms with Gasteiger partial charge in [-0.1, -0.05) is 60.7 Å². The predicted molar refractivity (Wildman–Crippen MR) is 103 cm³/mol. The summed E-state index contributed by atoms with van der Waals surface area (Å²) in [4.78, 5) is 36.3. The molecular weight excluding hydrogens is 360 g/mol. The van der Waals surface area contributed by atoms with Crippen molar-refractivity contribution >= 4 is 18.0 Å². The van der Waals surface area contributed by atoms with E-state index in [1.54, 1.807) is 0 Å². The fourth-order valence-corrected chi connectivity index (χ4v) is 2.49. The van der Waals surface area contributed by atoms with Crippen LogP contribution in [0.3, 0.4) is 0 Å². The molecule has 1 unspecified atom stereocenters. The number of ether oxygens (including phenoxy) is 2. The summed E-state index contributed by atoms with van der Waals surface area (Å²) in [6, 6.07) is 16.1. The van der Waals surface area contributed by atoms with Gasteiger partial charge in [0.15, 0.2) is 0 Å². The van der Waals surface area contributed by atoms with Gasteiger partial charge in [0, 0.05) is 6.42 Å². The first kappa shape index (κ1) is 21.0. The quantitative estimate of drug-likeness (QED) is 0.681. The lowest BCUT2D eigenvalue weighted by Gasteiger charge is -2.19. The van der Waals surface area contributed by atoms with Crippen LogP contribution in [0.4, 0.5) is 4.79 Å². The van der Waals surface area contributed by atoms with Crippen LogP contribution in [0.2, 0.25) is 0 Å². The molecule has 2 atom stereocenters. The third-order valence-corrected chi connectivity index (χ3v) is 4.00. The lowest BCUT2D eigenvalue weighted by molar-refractivity contribution is -0.146. The topological polar surface area (TPSA) is 93.7 Å². The molecule has 0 heterocycles. The minimum atomic E-state index is -0.876. The number of carbonyl (C=O) groups excluding carboxylic acids is 3. The molecule has 7 heteroatoms. The number of urea groups is 1. The molecule has 0 aliphatic carbocycles. The molecule has 0 spiro atoms. The van der Waals surface area contributed by atoms with Gasteiger partial charge in [-0.3, -0.25) is 0 Å². The SMILES string of the molecule is COC(=O)[C@H](Cc1ccccc1)NC(=O)NC(C)C(=O)OCc1ccccc1. The fourth-order valence-electron chi connectivity index (χ4n) is 2.49. The van der Waals surface area contributed by atoms with E-state index >= 15 is 0 Å². The second-order valence-electron chi connectivity index (χ2n) is 6.20. The van der Waals surface area contributed by atoms with Gasteiger partial charge in [0.25, 0.3) is 0 Å². The van der Waals surface area contributed by atoms with Crippen molar-refractivity contribution in [2.24, 2.45) is 0 Å². The Morgan fingerprint density at radius 3 is 2.00 bits per heavy atom. The van der Waals surface area contributed by atoms with Crippen molar-refractivity contribution in [3.63, 3.8) is 0 Å². The third-order valence-electron chi connectivity index (χ3n) is 4.00. The van der Waals surface area contributed by atoms with Crippen LogP contribution in [0.1, 0.15) is 18.1 Å². The number of carbonyl (C=O) groups is 3. The summed E-state index contributed by atoms with van der Waals surface area (Å²) >= 11 is 0. The van der Waals surface area contributed by atoms with Gasteiger partial charge < -0.3 is 20.1 Å². The molecule has 2 N–H and O–H groups in total. The first-order valence-corrected chi connectivity index (χ1v) is 8.89. The van der Waals surface area contributed by atoms with Gasteiger partial charge in [0.05, 0.1) is 7.11 Å². The largest absolute Gasteiger partial charge is 0.467 e. The van der Waals surface area contributed by atoms with Crippen LogP contribution >= 0.6 is 0 Å². The number of methoxy groups -OCH3 is 1. The molecule has 7 nitrogen and oxygen atoms in total. The number of hydrogen-bond acceptors (Lipinski definition) is 5. The van der Waals surface area contributed by atoms with Crippen molar-refractivity contribution in [1.29, 1.82) is 0 Å². The zero-order chi connectivity index (χ0) is 20.4. The number of nitrogens with one attached hydrogen (secondary N) is 2. The maximum absolute atomic E-state index is 12.2. The Labute approximate surface area is 164 Å².